The first-order valence-electron chi connectivity index (χ1n) is 4.18. The Bertz CT molecular complexity index is 401. The number of hydrogen-bond acceptors (Lipinski definition) is 0. The third-order valence-electron chi connectivity index (χ3n) is 2.00. The van der Waals surface area contributed by atoms with Crippen molar-refractivity contribution in [1.82, 2.24) is 0 Å². The lowest BCUT2D eigenvalue weighted by molar-refractivity contribution is -0.137. The van der Waals surface area contributed by atoms with E-state index in [-0.39, 0.29) is 5.92 Å². The van der Waals surface area contributed by atoms with Crippen LogP contribution in [0.3, 0.4) is 0 Å². The van der Waals surface area contributed by atoms with Crippen molar-refractivity contribution in [3.05, 3.63) is 33.8 Å². The molecule has 0 fully saturated rings. The highest BCUT2D eigenvalue weighted by Crippen LogP contribution is 2.33. The number of hydrogen-bond donors (Lipinski definition) is 0. The second-order valence-electron chi connectivity index (χ2n) is 3.16. The molecule has 0 aliphatic carbocycles. The molecular formula is C11H8BrF3. The topological polar surface area (TPSA) is 0 Å². The summed E-state index contributed by atoms with van der Waals surface area (Å²) in [4.78, 5) is 0. The lowest BCUT2D eigenvalue weighted by atomic mass is 10.00. The molecule has 0 aliphatic heterocycles. The van der Waals surface area contributed by atoms with Gasteiger partial charge in [0.1, 0.15) is 0 Å². The highest BCUT2D eigenvalue weighted by atomic mass is 79.9. The Hall–Kier alpha value is -0.950. The van der Waals surface area contributed by atoms with Crippen LogP contribution in [0.4, 0.5) is 13.2 Å². The number of halogens is 4. The first kappa shape index (κ1) is 12.1. The van der Waals surface area contributed by atoms with Gasteiger partial charge in [-0.2, -0.15) is 13.2 Å². The van der Waals surface area contributed by atoms with Crippen molar-refractivity contribution >= 4 is 15.9 Å². The van der Waals surface area contributed by atoms with Crippen LogP contribution in [0, 0.1) is 12.3 Å². The predicted molar refractivity (Wildman–Crippen MR) is 56.4 cm³/mol. The molecule has 0 heterocycles. The summed E-state index contributed by atoms with van der Waals surface area (Å²) in [6, 6.07) is 3.71. The summed E-state index contributed by atoms with van der Waals surface area (Å²) in [6.45, 7) is 1.68. The van der Waals surface area contributed by atoms with Gasteiger partial charge in [0.2, 0.25) is 0 Å². The minimum Gasteiger partial charge on any atom is -0.166 e. The van der Waals surface area contributed by atoms with Crippen LogP contribution in [0.1, 0.15) is 24.0 Å². The molecular weight excluding hydrogens is 269 g/mol. The van der Waals surface area contributed by atoms with Crippen LogP contribution in [0.5, 0.6) is 0 Å². The van der Waals surface area contributed by atoms with E-state index in [4.69, 9.17) is 6.42 Å². The summed E-state index contributed by atoms with van der Waals surface area (Å²) < 4.78 is 37.7. The Balaban J connectivity index is 3.24. The van der Waals surface area contributed by atoms with Gasteiger partial charge in [-0.1, -0.05) is 21.9 Å². The van der Waals surface area contributed by atoms with E-state index in [9.17, 15) is 13.2 Å². The Morgan fingerprint density at radius 1 is 1.33 bits per heavy atom. The van der Waals surface area contributed by atoms with Crippen molar-refractivity contribution in [3.8, 4) is 12.3 Å². The highest BCUT2D eigenvalue weighted by molar-refractivity contribution is 9.10. The number of benzene rings is 1. The zero-order valence-electron chi connectivity index (χ0n) is 7.90. The number of terminal acetylenes is 1. The van der Waals surface area contributed by atoms with Crippen LogP contribution in [0.2, 0.25) is 0 Å². The lowest BCUT2D eigenvalue weighted by Gasteiger charge is -2.11. The molecule has 0 aromatic heterocycles. The van der Waals surface area contributed by atoms with Crippen molar-refractivity contribution in [2.75, 3.05) is 0 Å². The van der Waals surface area contributed by atoms with Gasteiger partial charge in [-0.05, 0) is 30.7 Å². The molecule has 15 heavy (non-hydrogen) atoms. The normalized spacial score (nSPS) is 13.3. The zero-order chi connectivity index (χ0) is 11.6. The van der Waals surface area contributed by atoms with Crippen LogP contribution in [0.25, 0.3) is 0 Å². The van der Waals surface area contributed by atoms with Crippen LogP contribution < -0.4 is 0 Å². The Labute approximate surface area is 94.6 Å². The highest BCUT2D eigenvalue weighted by Gasteiger charge is 2.31. The van der Waals surface area contributed by atoms with E-state index >= 15 is 0 Å². The average Bonchev–Trinajstić information content (AvgIpc) is 2.14. The summed E-state index contributed by atoms with van der Waals surface area (Å²) in [5, 5.41) is 0. The van der Waals surface area contributed by atoms with Gasteiger partial charge in [0.15, 0.2) is 0 Å². The van der Waals surface area contributed by atoms with Gasteiger partial charge in [-0.25, -0.2) is 0 Å². The monoisotopic (exact) mass is 276 g/mol. The fourth-order valence-corrected chi connectivity index (χ4v) is 1.63. The third-order valence-corrected chi connectivity index (χ3v) is 2.46. The van der Waals surface area contributed by atoms with Gasteiger partial charge in [0.25, 0.3) is 0 Å². The SMILES string of the molecule is C#CC(C)c1cc(Br)cc(C(F)(F)F)c1. The van der Waals surface area contributed by atoms with Gasteiger partial charge >= 0.3 is 6.18 Å². The van der Waals surface area contributed by atoms with Crippen molar-refractivity contribution in [1.29, 1.82) is 0 Å². The molecule has 0 radical (unpaired) electrons. The van der Waals surface area contributed by atoms with Gasteiger partial charge < -0.3 is 0 Å². The largest absolute Gasteiger partial charge is 0.416 e. The van der Waals surface area contributed by atoms with Crippen molar-refractivity contribution in [2.45, 2.75) is 19.0 Å². The maximum Gasteiger partial charge on any atom is 0.416 e. The minimum absolute atomic E-state index is 0.330. The molecule has 1 aromatic rings. The number of rotatable bonds is 1. The van der Waals surface area contributed by atoms with E-state index in [1.54, 1.807) is 13.0 Å². The summed E-state index contributed by atoms with van der Waals surface area (Å²) in [7, 11) is 0. The van der Waals surface area contributed by atoms with Gasteiger partial charge in [-0.15, -0.1) is 6.42 Å². The molecule has 80 valence electrons. The van der Waals surface area contributed by atoms with Crippen LogP contribution >= 0.6 is 15.9 Å². The van der Waals surface area contributed by atoms with Crippen molar-refractivity contribution < 1.29 is 13.2 Å². The predicted octanol–water partition coefficient (Wildman–Crippen LogP) is 4.20. The molecule has 0 nitrogen and oxygen atoms in total. The van der Waals surface area contributed by atoms with E-state index in [0.29, 0.717) is 10.0 Å². The first-order chi connectivity index (χ1) is 6.84. The zero-order valence-corrected chi connectivity index (χ0v) is 9.48. The molecule has 1 unspecified atom stereocenters. The molecule has 1 rings (SSSR count). The fraction of sp³-hybridized carbons (Fsp3) is 0.273. The lowest BCUT2D eigenvalue weighted by Crippen LogP contribution is -2.06. The molecule has 0 bridgehead atoms. The first-order valence-corrected chi connectivity index (χ1v) is 4.97. The molecule has 0 amide bonds. The van der Waals surface area contributed by atoms with E-state index in [0.717, 1.165) is 12.1 Å². The van der Waals surface area contributed by atoms with Gasteiger partial charge in [-0.3, -0.25) is 0 Å². The summed E-state index contributed by atoms with van der Waals surface area (Å²) in [5.41, 5.74) is -0.201. The van der Waals surface area contributed by atoms with E-state index < -0.39 is 11.7 Å². The smallest absolute Gasteiger partial charge is 0.166 e. The maximum absolute atomic E-state index is 12.4. The molecule has 0 saturated heterocycles. The summed E-state index contributed by atoms with van der Waals surface area (Å²) in [5.74, 6) is 2.07. The maximum atomic E-state index is 12.4. The van der Waals surface area contributed by atoms with E-state index in [1.807, 2.05) is 0 Å². The quantitative estimate of drug-likeness (QED) is 0.675. The summed E-state index contributed by atoms with van der Waals surface area (Å²) in [6.07, 6.45) is 0.826. The van der Waals surface area contributed by atoms with Gasteiger partial charge in [0.05, 0.1) is 5.56 Å². The van der Waals surface area contributed by atoms with Crippen LogP contribution in [-0.4, -0.2) is 0 Å². The molecule has 0 aliphatic rings. The third kappa shape index (κ3) is 3.00. The molecule has 0 N–H and O–H groups in total. The standard InChI is InChI=1S/C11H8BrF3/c1-3-7(2)8-4-9(11(13,14)15)6-10(12)5-8/h1,4-7H,2H3. The van der Waals surface area contributed by atoms with E-state index in [1.165, 1.54) is 0 Å². The fourth-order valence-electron chi connectivity index (χ4n) is 1.12. The van der Waals surface area contributed by atoms with Gasteiger partial charge in [0, 0.05) is 10.4 Å². The Morgan fingerprint density at radius 2 is 1.93 bits per heavy atom. The van der Waals surface area contributed by atoms with Crippen LogP contribution in [-0.2, 0) is 6.18 Å². The Morgan fingerprint density at radius 3 is 2.40 bits per heavy atom. The van der Waals surface area contributed by atoms with Crippen LogP contribution in [0.15, 0.2) is 22.7 Å². The minimum atomic E-state index is -4.34. The number of alkyl halides is 3. The Kier molecular flexibility index (Phi) is 3.46. The summed E-state index contributed by atoms with van der Waals surface area (Å²) >= 11 is 3.03. The molecule has 4 heteroatoms. The second-order valence-corrected chi connectivity index (χ2v) is 4.08. The van der Waals surface area contributed by atoms with Crippen molar-refractivity contribution in [2.24, 2.45) is 0 Å². The van der Waals surface area contributed by atoms with E-state index in [2.05, 4.69) is 21.9 Å². The molecule has 0 saturated carbocycles. The molecule has 1 atom stereocenters. The second kappa shape index (κ2) is 4.28. The molecule has 1 aromatic carbocycles. The average molecular weight is 277 g/mol. The molecule has 0 spiro atoms. The van der Waals surface area contributed by atoms with Crippen molar-refractivity contribution in [3.63, 3.8) is 0 Å².